The highest BCUT2D eigenvalue weighted by molar-refractivity contribution is 7.80. The summed E-state index contributed by atoms with van der Waals surface area (Å²) < 4.78 is 5.05. The first-order valence-corrected chi connectivity index (χ1v) is 7.33. The average Bonchev–Trinajstić information content (AvgIpc) is 2.45. The van der Waals surface area contributed by atoms with Crippen LogP contribution in [0.25, 0.3) is 0 Å². The Morgan fingerprint density at radius 2 is 1.77 bits per heavy atom. The van der Waals surface area contributed by atoms with Crippen molar-refractivity contribution in [3.05, 3.63) is 29.8 Å². The second-order valence-electron chi connectivity index (χ2n) is 5.17. The van der Waals surface area contributed by atoms with Crippen molar-refractivity contribution in [1.82, 2.24) is 16.2 Å². The number of methoxy groups -OCH3 is 1. The van der Waals surface area contributed by atoms with Crippen LogP contribution in [-0.2, 0) is 16.0 Å². The predicted molar refractivity (Wildman–Crippen MR) is 88.2 cm³/mol. The summed E-state index contributed by atoms with van der Waals surface area (Å²) in [5.74, 6) is 0.534. The number of amides is 2. The molecule has 0 atom stereocenters. The Hall–Kier alpha value is -2.15. The lowest BCUT2D eigenvalue weighted by Crippen LogP contribution is -2.49. The van der Waals surface area contributed by atoms with Gasteiger partial charge in [-0.1, -0.05) is 26.0 Å². The lowest BCUT2D eigenvalue weighted by Gasteiger charge is -2.11. The number of carbonyl (C=O) groups excluding carboxylic acids is 2. The monoisotopic (exact) mass is 323 g/mol. The van der Waals surface area contributed by atoms with Gasteiger partial charge in [-0.2, -0.15) is 0 Å². The number of carbonyl (C=O) groups is 2. The van der Waals surface area contributed by atoms with Gasteiger partial charge in [-0.3, -0.25) is 20.4 Å². The minimum absolute atomic E-state index is 0.0775. The van der Waals surface area contributed by atoms with E-state index in [1.807, 2.05) is 13.8 Å². The summed E-state index contributed by atoms with van der Waals surface area (Å²) in [5.41, 5.74) is 5.79. The Kier molecular flexibility index (Phi) is 7.31. The highest BCUT2D eigenvalue weighted by Gasteiger charge is 2.08. The van der Waals surface area contributed by atoms with Crippen molar-refractivity contribution in [2.75, 3.05) is 7.11 Å². The van der Waals surface area contributed by atoms with E-state index < -0.39 is 0 Å². The molecule has 0 heterocycles. The second-order valence-corrected chi connectivity index (χ2v) is 5.58. The molecule has 120 valence electrons. The van der Waals surface area contributed by atoms with Gasteiger partial charge in [0.25, 0.3) is 0 Å². The Labute approximate surface area is 135 Å². The number of benzene rings is 1. The summed E-state index contributed by atoms with van der Waals surface area (Å²) in [6.07, 6.45) is 0.571. The molecular weight excluding hydrogens is 302 g/mol. The van der Waals surface area contributed by atoms with Crippen molar-refractivity contribution in [1.29, 1.82) is 0 Å². The minimum Gasteiger partial charge on any atom is -0.497 e. The van der Waals surface area contributed by atoms with Gasteiger partial charge in [0, 0.05) is 6.42 Å². The van der Waals surface area contributed by atoms with E-state index in [1.165, 1.54) is 0 Å². The molecule has 1 rings (SSSR count). The molecule has 0 radical (unpaired) electrons. The summed E-state index contributed by atoms with van der Waals surface area (Å²) in [6.45, 7) is 3.87. The number of hydrazine groups is 1. The molecule has 0 unspecified atom stereocenters. The zero-order chi connectivity index (χ0) is 16.5. The van der Waals surface area contributed by atoms with Gasteiger partial charge in [-0.25, -0.2) is 0 Å². The molecule has 1 aromatic rings. The van der Waals surface area contributed by atoms with Crippen LogP contribution in [0.5, 0.6) is 5.75 Å². The van der Waals surface area contributed by atoms with Gasteiger partial charge < -0.3 is 10.1 Å². The molecule has 0 spiro atoms. The van der Waals surface area contributed by atoms with E-state index >= 15 is 0 Å². The molecule has 0 saturated heterocycles. The van der Waals surface area contributed by atoms with Crippen molar-refractivity contribution < 1.29 is 14.3 Å². The molecule has 0 aliphatic rings. The maximum absolute atomic E-state index is 11.8. The Balaban J connectivity index is 2.32. The van der Waals surface area contributed by atoms with Crippen molar-refractivity contribution in [3.8, 4) is 5.75 Å². The molecule has 0 bridgehead atoms. The zero-order valence-corrected chi connectivity index (χ0v) is 13.8. The molecule has 3 N–H and O–H groups in total. The van der Waals surface area contributed by atoms with Crippen molar-refractivity contribution in [2.45, 2.75) is 26.7 Å². The van der Waals surface area contributed by atoms with Gasteiger partial charge in [0.05, 0.1) is 13.5 Å². The average molecular weight is 323 g/mol. The first-order valence-electron chi connectivity index (χ1n) is 6.92. The highest BCUT2D eigenvalue weighted by Crippen LogP contribution is 2.11. The summed E-state index contributed by atoms with van der Waals surface area (Å²) >= 11 is 4.92. The zero-order valence-electron chi connectivity index (χ0n) is 12.9. The van der Waals surface area contributed by atoms with Crippen molar-refractivity contribution in [3.63, 3.8) is 0 Å². The van der Waals surface area contributed by atoms with Crippen LogP contribution in [0.3, 0.4) is 0 Å². The largest absolute Gasteiger partial charge is 0.497 e. The fourth-order valence-electron chi connectivity index (χ4n) is 1.68. The Morgan fingerprint density at radius 3 is 2.32 bits per heavy atom. The highest BCUT2D eigenvalue weighted by atomic mass is 32.1. The fourth-order valence-corrected chi connectivity index (χ4v) is 1.84. The van der Waals surface area contributed by atoms with E-state index in [4.69, 9.17) is 17.0 Å². The number of rotatable bonds is 5. The Bertz CT molecular complexity index is 529. The van der Waals surface area contributed by atoms with Crippen LogP contribution in [0, 0.1) is 5.92 Å². The van der Waals surface area contributed by atoms with E-state index in [9.17, 15) is 9.59 Å². The van der Waals surface area contributed by atoms with Crippen LogP contribution in [-0.4, -0.2) is 24.0 Å². The predicted octanol–water partition coefficient (Wildman–Crippen LogP) is 1.31. The van der Waals surface area contributed by atoms with Gasteiger partial charge >= 0.3 is 0 Å². The summed E-state index contributed by atoms with van der Waals surface area (Å²) in [6, 6.07) is 7.18. The topological polar surface area (TPSA) is 79.5 Å². The SMILES string of the molecule is COc1ccc(CC(=O)NNC(=S)NC(=O)CC(C)C)cc1. The molecule has 6 nitrogen and oxygen atoms in total. The van der Waals surface area contributed by atoms with E-state index in [1.54, 1.807) is 31.4 Å². The third kappa shape index (κ3) is 7.03. The molecule has 0 aliphatic carbocycles. The quantitative estimate of drug-likeness (QED) is 0.562. The van der Waals surface area contributed by atoms with Crippen LogP contribution < -0.4 is 20.9 Å². The van der Waals surface area contributed by atoms with Crippen molar-refractivity contribution in [2.24, 2.45) is 5.92 Å². The van der Waals surface area contributed by atoms with Gasteiger partial charge in [0.1, 0.15) is 5.75 Å². The molecule has 1 aromatic carbocycles. The van der Waals surface area contributed by atoms with E-state index in [0.717, 1.165) is 11.3 Å². The van der Waals surface area contributed by atoms with E-state index in [0.29, 0.717) is 6.42 Å². The molecule has 22 heavy (non-hydrogen) atoms. The van der Waals surface area contributed by atoms with Gasteiger partial charge in [-0.05, 0) is 35.8 Å². The van der Waals surface area contributed by atoms with Gasteiger partial charge in [-0.15, -0.1) is 0 Å². The Morgan fingerprint density at radius 1 is 1.14 bits per heavy atom. The molecule has 0 aromatic heterocycles. The third-order valence-corrected chi connectivity index (χ3v) is 2.89. The number of ether oxygens (including phenoxy) is 1. The summed E-state index contributed by atoms with van der Waals surface area (Å²) in [5, 5.41) is 2.57. The maximum atomic E-state index is 11.8. The standard InChI is InChI=1S/C15H21N3O3S/c1-10(2)8-13(19)16-15(22)18-17-14(20)9-11-4-6-12(21-3)7-5-11/h4-7,10H,8-9H2,1-3H3,(H,17,20)(H2,16,18,19,22). The smallest absolute Gasteiger partial charge is 0.242 e. The second kappa shape index (κ2) is 8.99. The number of thiocarbonyl (C=S) groups is 1. The molecule has 2 amide bonds. The molecule has 0 aliphatic heterocycles. The lowest BCUT2D eigenvalue weighted by molar-refractivity contribution is -0.122. The first-order chi connectivity index (χ1) is 10.4. The van der Waals surface area contributed by atoms with Crippen LogP contribution in [0.4, 0.5) is 0 Å². The summed E-state index contributed by atoms with van der Waals surface area (Å²) in [4.78, 5) is 23.3. The third-order valence-electron chi connectivity index (χ3n) is 2.69. The fraction of sp³-hybridized carbons (Fsp3) is 0.400. The number of nitrogens with one attached hydrogen (secondary N) is 3. The van der Waals surface area contributed by atoms with Gasteiger partial charge in [0.2, 0.25) is 11.8 Å². The lowest BCUT2D eigenvalue weighted by atomic mass is 10.1. The van der Waals surface area contributed by atoms with Crippen molar-refractivity contribution >= 4 is 29.1 Å². The first kappa shape index (κ1) is 17.9. The number of hydrogen-bond acceptors (Lipinski definition) is 4. The molecule has 0 fully saturated rings. The molecular formula is C15H21N3O3S. The summed E-state index contributed by atoms with van der Waals surface area (Å²) in [7, 11) is 1.58. The molecule has 0 saturated carbocycles. The minimum atomic E-state index is -0.259. The normalized spacial score (nSPS) is 10.0. The van der Waals surface area contributed by atoms with E-state index in [-0.39, 0.29) is 29.3 Å². The maximum Gasteiger partial charge on any atom is 0.242 e. The number of hydrogen-bond donors (Lipinski definition) is 3. The van der Waals surface area contributed by atoms with E-state index in [2.05, 4.69) is 16.2 Å². The molecule has 7 heteroatoms. The van der Waals surface area contributed by atoms with Crippen LogP contribution in [0.15, 0.2) is 24.3 Å². The van der Waals surface area contributed by atoms with Crippen LogP contribution in [0.1, 0.15) is 25.8 Å². The van der Waals surface area contributed by atoms with Crippen LogP contribution >= 0.6 is 12.2 Å². The van der Waals surface area contributed by atoms with Gasteiger partial charge in [0.15, 0.2) is 5.11 Å². The van der Waals surface area contributed by atoms with Crippen LogP contribution in [0.2, 0.25) is 0 Å².